The van der Waals surface area contributed by atoms with Crippen molar-refractivity contribution in [2.75, 3.05) is 7.05 Å². The molecule has 4 rings (SSSR count). The summed E-state index contributed by atoms with van der Waals surface area (Å²) in [4.78, 5) is 26.8. The molecule has 0 aliphatic heterocycles. The summed E-state index contributed by atoms with van der Waals surface area (Å²) in [5, 5.41) is 9.99. The Morgan fingerprint density at radius 2 is 1.88 bits per heavy atom. The predicted molar refractivity (Wildman–Crippen MR) is 128 cm³/mol. The van der Waals surface area contributed by atoms with Gasteiger partial charge < -0.3 is 10.6 Å². The van der Waals surface area contributed by atoms with E-state index in [9.17, 15) is 18.4 Å². The first-order chi connectivity index (χ1) is 16.4. The highest BCUT2D eigenvalue weighted by Gasteiger charge is 2.18. The highest BCUT2D eigenvalue weighted by molar-refractivity contribution is 7.15. The summed E-state index contributed by atoms with van der Waals surface area (Å²) in [6.07, 6.45) is 0. The van der Waals surface area contributed by atoms with Crippen molar-refractivity contribution in [1.82, 2.24) is 20.4 Å². The van der Waals surface area contributed by atoms with Crippen molar-refractivity contribution < 1.29 is 13.6 Å². The van der Waals surface area contributed by atoms with Crippen LogP contribution in [0.5, 0.6) is 0 Å². The molecule has 2 N–H and O–H groups in total. The molecule has 0 saturated heterocycles. The Labute approximate surface area is 198 Å². The second-order valence-corrected chi connectivity index (χ2v) is 8.76. The molecular formula is C25H22F2N4O2S. The number of nitrogens with zero attached hydrogens (tertiary/aromatic N) is 2. The summed E-state index contributed by atoms with van der Waals surface area (Å²) in [7, 11) is 1.83. The Bertz CT molecular complexity index is 1400. The van der Waals surface area contributed by atoms with E-state index in [2.05, 4.69) is 15.7 Å². The molecule has 2 aromatic carbocycles. The summed E-state index contributed by atoms with van der Waals surface area (Å²) < 4.78 is 28.9. The molecule has 0 unspecified atom stereocenters. The lowest BCUT2D eigenvalue weighted by atomic mass is 10.1. The molecular weight excluding hydrogens is 458 g/mol. The maximum atomic E-state index is 14.1. The number of aromatic nitrogens is 2. The van der Waals surface area contributed by atoms with Crippen LogP contribution in [0.1, 0.15) is 33.9 Å². The summed E-state index contributed by atoms with van der Waals surface area (Å²) in [6.45, 7) is 2.42. The normalized spacial score (nSPS) is 11.9. The number of thiophene rings is 1. The molecule has 174 valence electrons. The van der Waals surface area contributed by atoms with Crippen molar-refractivity contribution in [1.29, 1.82) is 0 Å². The minimum absolute atomic E-state index is 0.0204. The van der Waals surface area contributed by atoms with Crippen LogP contribution in [0, 0.1) is 11.6 Å². The zero-order chi connectivity index (χ0) is 24.2. The Morgan fingerprint density at radius 1 is 1.09 bits per heavy atom. The van der Waals surface area contributed by atoms with Crippen molar-refractivity contribution in [3.63, 3.8) is 0 Å². The SMILES string of the molecule is CNCc1ccc(F)cc1-c1ccc([C@@H](C)NC(=O)c2ccc(=O)n(-c3ccccc3F)n2)s1. The summed E-state index contributed by atoms with van der Waals surface area (Å²) in [5.74, 6) is -1.44. The van der Waals surface area contributed by atoms with E-state index >= 15 is 0 Å². The second kappa shape index (κ2) is 10.1. The quantitative estimate of drug-likeness (QED) is 0.410. The first-order valence-corrected chi connectivity index (χ1v) is 11.4. The Balaban J connectivity index is 1.55. The van der Waals surface area contributed by atoms with Gasteiger partial charge in [0.2, 0.25) is 0 Å². The van der Waals surface area contributed by atoms with Gasteiger partial charge in [0, 0.05) is 22.4 Å². The van der Waals surface area contributed by atoms with E-state index in [1.165, 1.54) is 53.8 Å². The Kier molecular flexibility index (Phi) is 6.95. The number of carbonyl (C=O) groups is 1. The van der Waals surface area contributed by atoms with Gasteiger partial charge in [0.1, 0.15) is 23.0 Å². The van der Waals surface area contributed by atoms with Gasteiger partial charge in [0.25, 0.3) is 11.5 Å². The number of benzene rings is 2. The molecule has 0 spiro atoms. The molecule has 4 aromatic rings. The molecule has 9 heteroatoms. The molecule has 34 heavy (non-hydrogen) atoms. The van der Waals surface area contributed by atoms with E-state index in [-0.39, 0.29) is 23.2 Å². The number of rotatable bonds is 7. The maximum Gasteiger partial charge on any atom is 0.272 e. The zero-order valence-electron chi connectivity index (χ0n) is 18.5. The van der Waals surface area contributed by atoms with Gasteiger partial charge >= 0.3 is 0 Å². The number of amides is 1. The fourth-order valence-electron chi connectivity index (χ4n) is 3.52. The molecule has 0 fully saturated rings. The van der Waals surface area contributed by atoms with Crippen molar-refractivity contribution >= 4 is 17.2 Å². The summed E-state index contributed by atoms with van der Waals surface area (Å²) >= 11 is 1.45. The van der Waals surface area contributed by atoms with Crippen LogP contribution in [-0.2, 0) is 6.54 Å². The first kappa shape index (κ1) is 23.5. The van der Waals surface area contributed by atoms with E-state index in [1.807, 2.05) is 26.1 Å². The van der Waals surface area contributed by atoms with Crippen molar-refractivity contribution in [2.45, 2.75) is 19.5 Å². The third kappa shape index (κ3) is 4.95. The highest BCUT2D eigenvalue weighted by Crippen LogP contribution is 2.34. The van der Waals surface area contributed by atoms with E-state index < -0.39 is 17.3 Å². The van der Waals surface area contributed by atoms with Crippen LogP contribution in [0.4, 0.5) is 8.78 Å². The van der Waals surface area contributed by atoms with Crippen LogP contribution in [0.2, 0.25) is 0 Å². The molecule has 0 saturated carbocycles. The van der Waals surface area contributed by atoms with Gasteiger partial charge in [-0.3, -0.25) is 9.59 Å². The number of nitrogens with one attached hydrogen (secondary N) is 2. The smallest absolute Gasteiger partial charge is 0.272 e. The molecule has 2 aromatic heterocycles. The minimum atomic E-state index is -0.621. The Morgan fingerprint density at radius 3 is 2.65 bits per heavy atom. The molecule has 0 bridgehead atoms. The standard InChI is InChI=1S/C25H22F2N4O2S/c1-15(22-10-11-23(34-22)18-13-17(26)8-7-16(18)14-28-2)29-25(33)20-9-12-24(32)31(30-20)21-6-4-3-5-19(21)27/h3-13,15,28H,14H2,1-2H3,(H,29,33)/t15-/m1/s1. The number of hydrogen-bond acceptors (Lipinski definition) is 5. The van der Waals surface area contributed by atoms with Crippen LogP contribution in [0.3, 0.4) is 0 Å². The number of carbonyl (C=O) groups excluding carboxylic acids is 1. The lowest BCUT2D eigenvalue weighted by Gasteiger charge is -2.13. The number of halogens is 2. The van der Waals surface area contributed by atoms with Gasteiger partial charge in [-0.1, -0.05) is 18.2 Å². The zero-order valence-corrected chi connectivity index (χ0v) is 19.3. The van der Waals surface area contributed by atoms with E-state index in [4.69, 9.17) is 0 Å². The van der Waals surface area contributed by atoms with Crippen molar-refractivity contribution in [3.8, 4) is 16.1 Å². The van der Waals surface area contributed by atoms with Crippen LogP contribution in [0.15, 0.2) is 71.5 Å². The number of hydrogen-bond donors (Lipinski definition) is 2. The lowest BCUT2D eigenvalue weighted by Crippen LogP contribution is -2.30. The van der Waals surface area contributed by atoms with Gasteiger partial charge in [0.05, 0.1) is 6.04 Å². The molecule has 6 nitrogen and oxygen atoms in total. The predicted octanol–water partition coefficient (Wildman–Crippen LogP) is 4.45. The average Bonchev–Trinajstić information content (AvgIpc) is 3.31. The third-order valence-electron chi connectivity index (χ3n) is 5.22. The molecule has 1 amide bonds. The molecule has 0 radical (unpaired) electrons. The molecule has 1 atom stereocenters. The molecule has 0 aliphatic carbocycles. The van der Waals surface area contributed by atoms with E-state index in [1.54, 1.807) is 12.1 Å². The largest absolute Gasteiger partial charge is 0.343 e. The van der Waals surface area contributed by atoms with Crippen molar-refractivity contribution in [2.24, 2.45) is 0 Å². The van der Waals surface area contributed by atoms with Crippen LogP contribution in [0.25, 0.3) is 16.1 Å². The van der Waals surface area contributed by atoms with Gasteiger partial charge in [-0.15, -0.1) is 11.3 Å². The van der Waals surface area contributed by atoms with Crippen LogP contribution in [-0.4, -0.2) is 22.7 Å². The van der Waals surface area contributed by atoms with E-state index in [0.717, 1.165) is 25.6 Å². The first-order valence-electron chi connectivity index (χ1n) is 10.6. The topological polar surface area (TPSA) is 76.0 Å². The average molecular weight is 481 g/mol. The van der Waals surface area contributed by atoms with Gasteiger partial charge in [0.15, 0.2) is 0 Å². The fraction of sp³-hybridized carbons (Fsp3) is 0.160. The van der Waals surface area contributed by atoms with Gasteiger partial charge in [-0.05, 0) is 67.6 Å². The Hall–Kier alpha value is -3.69. The minimum Gasteiger partial charge on any atom is -0.343 e. The highest BCUT2D eigenvalue weighted by atomic mass is 32.1. The summed E-state index contributed by atoms with van der Waals surface area (Å²) in [6, 6.07) is 16.3. The lowest BCUT2D eigenvalue weighted by molar-refractivity contribution is 0.0933. The maximum absolute atomic E-state index is 14.1. The van der Waals surface area contributed by atoms with E-state index in [0.29, 0.717) is 6.54 Å². The molecule has 2 heterocycles. The monoisotopic (exact) mass is 480 g/mol. The van der Waals surface area contributed by atoms with Crippen LogP contribution >= 0.6 is 11.3 Å². The second-order valence-electron chi connectivity index (χ2n) is 7.65. The number of para-hydroxylation sites is 1. The third-order valence-corrected chi connectivity index (χ3v) is 6.52. The van der Waals surface area contributed by atoms with Gasteiger partial charge in [-0.2, -0.15) is 9.78 Å². The van der Waals surface area contributed by atoms with Crippen molar-refractivity contribution in [3.05, 3.63) is 105 Å². The summed E-state index contributed by atoms with van der Waals surface area (Å²) in [5.41, 5.74) is 1.15. The fourth-order valence-corrected chi connectivity index (χ4v) is 4.58. The van der Waals surface area contributed by atoms with Crippen LogP contribution < -0.4 is 16.2 Å². The van der Waals surface area contributed by atoms with Gasteiger partial charge in [-0.25, -0.2) is 8.78 Å². The molecule has 0 aliphatic rings.